The van der Waals surface area contributed by atoms with E-state index < -0.39 is 0 Å². The molecule has 0 fully saturated rings. The summed E-state index contributed by atoms with van der Waals surface area (Å²) < 4.78 is 11.4. The first-order valence-corrected chi connectivity index (χ1v) is 9.59. The largest absolute Gasteiger partial charge is 0.494 e. The number of hydrogen-bond donors (Lipinski definition) is 1. The molecular weight excluding hydrogens is 356 g/mol. The maximum absolute atomic E-state index is 12.2. The molecule has 2 aromatic rings. The van der Waals surface area contributed by atoms with Crippen LogP contribution in [0.4, 0.5) is 5.69 Å². The first-order valence-electron chi connectivity index (χ1n) is 9.59. The Morgan fingerprint density at radius 2 is 1.82 bits per heavy atom. The van der Waals surface area contributed by atoms with Gasteiger partial charge in [-0.15, -0.1) is 0 Å². The second-order valence-corrected chi connectivity index (χ2v) is 6.80. The van der Waals surface area contributed by atoms with Crippen molar-refractivity contribution < 1.29 is 19.1 Å². The first-order chi connectivity index (χ1) is 13.6. The minimum atomic E-state index is 0.0537. The molecule has 1 aliphatic rings. The van der Waals surface area contributed by atoms with Crippen LogP contribution in [-0.2, 0) is 16.0 Å². The molecule has 6 nitrogen and oxygen atoms in total. The third-order valence-electron chi connectivity index (χ3n) is 4.64. The summed E-state index contributed by atoms with van der Waals surface area (Å²) in [7, 11) is 1.79. The molecule has 0 saturated carbocycles. The van der Waals surface area contributed by atoms with Crippen molar-refractivity contribution in [2.45, 2.75) is 25.7 Å². The van der Waals surface area contributed by atoms with Crippen LogP contribution in [0.25, 0.3) is 0 Å². The summed E-state index contributed by atoms with van der Waals surface area (Å²) >= 11 is 0. The predicted molar refractivity (Wildman–Crippen MR) is 108 cm³/mol. The maximum atomic E-state index is 12.2. The zero-order valence-corrected chi connectivity index (χ0v) is 16.1. The number of amides is 2. The molecule has 0 aliphatic carbocycles. The minimum absolute atomic E-state index is 0.0537. The zero-order chi connectivity index (χ0) is 19.8. The van der Waals surface area contributed by atoms with Gasteiger partial charge in [0.1, 0.15) is 18.1 Å². The van der Waals surface area contributed by atoms with E-state index in [1.807, 2.05) is 48.5 Å². The minimum Gasteiger partial charge on any atom is -0.494 e. The van der Waals surface area contributed by atoms with Crippen molar-refractivity contribution in [3.05, 3.63) is 54.1 Å². The van der Waals surface area contributed by atoms with Gasteiger partial charge in [0.2, 0.25) is 11.8 Å². The van der Waals surface area contributed by atoms with E-state index in [-0.39, 0.29) is 11.8 Å². The van der Waals surface area contributed by atoms with Gasteiger partial charge in [-0.3, -0.25) is 9.59 Å². The zero-order valence-electron chi connectivity index (χ0n) is 16.1. The Kier molecular flexibility index (Phi) is 6.89. The Hall–Kier alpha value is -3.02. The second kappa shape index (κ2) is 9.78. The van der Waals surface area contributed by atoms with Gasteiger partial charge in [-0.05, 0) is 48.7 Å². The number of likely N-dealkylation sites (N-methyl/N-ethyl adjacent to an activating group) is 1. The molecule has 3 rings (SSSR count). The van der Waals surface area contributed by atoms with Gasteiger partial charge in [0.05, 0.1) is 13.2 Å². The highest BCUT2D eigenvalue weighted by atomic mass is 16.5. The smallest absolute Gasteiger partial charge is 0.224 e. The summed E-state index contributed by atoms with van der Waals surface area (Å²) in [4.78, 5) is 25.3. The molecular formula is C22H26N2O4. The summed E-state index contributed by atoms with van der Waals surface area (Å²) in [5, 5.41) is 2.85. The Balaban J connectivity index is 1.33. The van der Waals surface area contributed by atoms with Crippen molar-refractivity contribution in [1.29, 1.82) is 0 Å². The number of nitrogens with one attached hydrogen (secondary N) is 1. The fourth-order valence-corrected chi connectivity index (χ4v) is 3.00. The SMILES string of the molecule is CN(CCOc1ccccc1)C(=O)CCCOc1ccc2c(c1)CCC(=O)N2. The number of carbonyl (C=O) groups excluding carboxylic acids is 2. The second-order valence-electron chi connectivity index (χ2n) is 6.80. The number of rotatable bonds is 9. The fraction of sp³-hybridized carbons (Fsp3) is 0.364. The predicted octanol–water partition coefficient (Wildman–Crippen LogP) is 3.27. The molecule has 1 heterocycles. The van der Waals surface area contributed by atoms with Crippen molar-refractivity contribution in [1.82, 2.24) is 4.90 Å². The highest BCUT2D eigenvalue weighted by Gasteiger charge is 2.15. The molecule has 0 aromatic heterocycles. The van der Waals surface area contributed by atoms with E-state index in [9.17, 15) is 9.59 Å². The van der Waals surface area contributed by atoms with Gasteiger partial charge in [-0.2, -0.15) is 0 Å². The molecule has 0 unspecified atom stereocenters. The lowest BCUT2D eigenvalue weighted by molar-refractivity contribution is -0.130. The van der Waals surface area contributed by atoms with E-state index in [0.29, 0.717) is 39.0 Å². The number of benzene rings is 2. The van der Waals surface area contributed by atoms with E-state index in [1.165, 1.54) is 0 Å². The number of hydrogen-bond acceptors (Lipinski definition) is 4. The van der Waals surface area contributed by atoms with Crippen molar-refractivity contribution in [2.75, 3.05) is 32.1 Å². The monoisotopic (exact) mass is 382 g/mol. The maximum Gasteiger partial charge on any atom is 0.224 e. The first kappa shape index (κ1) is 19.7. The molecule has 0 radical (unpaired) electrons. The van der Waals surface area contributed by atoms with Gasteiger partial charge in [0.15, 0.2) is 0 Å². The van der Waals surface area contributed by atoms with Crippen LogP contribution in [0.5, 0.6) is 11.5 Å². The van der Waals surface area contributed by atoms with Gasteiger partial charge in [-0.1, -0.05) is 18.2 Å². The average molecular weight is 382 g/mol. The van der Waals surface area contributed by atoms with Crippen LogP contribution in [0.15, 0.2) is 48.5 Å². The third-order valence-corrected chi connectivity index (χ3v) is 4.64. The molecule has 0 atom stereocenters. The average Bonchev–Trinajstić information content (AvgIpc) is 2.71. The number of para-hydroxylation sites is 1. The molecule has 0 saturated heterocycles. The lowest BCUT2D eigenvalue weighted by Crippen LogP contribution is -2.30. The topological polar surface area (TPSA) is 67.9 Å². The Labute approximate surface area is 165 Å². The van der Waals surface area contributed by atoms with Gasteiger partial charge < -0.3 is 19.7 Å². The number of nitrogens with zero attached hydrogens (tertiary/aromatic N) is 1. The van der Waals surface area contributed by atoms with Gasteiger partial charge in [-0.25, -0.2) is 0 Å². The van der Waals surface area contributed by atoms with Crippen LogP contribution in [0, 0.1) is 0 Å². The van der Waals surface area contributed by atoms with Crippen molar-refractivity contribution in [2.24, 2.45) is 0 Å². The number of fused-ring (bicyclic) bond motifs is 1. The van der Waals surface area contributed by atoms with Crippen LogP contribution in [-0.4, -0.2) is 43.5 Å². The summed E-state index contributed by atoms with van der Waals surface area (Å²) in [6.45, 7) is 1.49. The summed E-state index contributed by atoms with van der Waals surface area (Å²) in [6, 6.07) is 15.2. The molecule has 0 spiro atoms. The number of ether oxygens (including phenoxy) is 2. The molecule has 148 valence electrons. The third kappa shape index (κ3) is 5.74. The quantitative estimate of drug-likeness (QED) is 0.676. The molecule has 0 bridgehead atoms. The standard InChI is InChI=1S/C22H26N2O4/c1-24(13-15-28-18-6-3-2-4-7-18)22(26)8-5-14-27-19-10-11-20-17(16-19)9-12-21(25)23-20/h2-4,6-7,10-11,16H,5,8-9,12-15H2,1H3,(H,23,25). The van der Waals surface area contributed by atoms with E-state index in [2.05, 4.69) is 5.32 Å². The van der Waals surface area contributed by atoms with E-state index in [0.717, 1.165) is 29.2 Å². The van der Waals surface area contributed by atoms with Gasteiger partial charge >= 0.3 is 0 Å². The van der Waals surface area contributed by atoms with Crippen LogP contribution in [0.3, 0.4) is 0 Å². The van der Waals surface area contributed by atoms with E-state index >= 15 is 0 Å². The van der Waals surface area contributed by atoms with Crippen LogP contribution in [0.2, 0.25) is 0 Å². The number of aryl methyl sites for hydroxylation is 1. The number of carbonyl (C=O) groups is 2. The summed E-state index contributed by atoms with van der Waals surface area (Å²) in [5.74, 6) is 1.71. The van der Waals surface area contributed by atoms with Crippen molar-refractivity contribution in [3.8, 4) is 11.5 Å². The Morgan fingerprint density at radius 3 is 2.64 bits per heavy atom. The molecule has 2 amide bonds. The van der Waals surface area contributed by atoms with E-state index in [1.54, 1.807) is 11.9 Å². The lowest BCUT2D eigenvalue weighted by atomic mass is 10.0. The lowest BCUT2D eigenvalue weighted by Gasteiger charge is -2.18. The van der Waals surface area contributed by atoms with Crippen molar-refractivity contribution >= 4 is 17.5 Å². The summed E-state index contributed by atoms with van der Waals surface area (Å²) in [6.07, 6.45) is 2.32. The van der Waals surface area contributed by atoms with Gasteiger partial charge in [0, 0.05) is 25.6 Å². The number of anilines is 1. The molecule has 6 heteroatoms. The van der Waals surface area contributed by atoms with Crippen LogP contribution >= 0.6 is 0 Å². The molecule has 1 N–H and O–H groups in total. The highest BCUT2D eigenvalue weighted by molar-refractivity contribution is 5.94. The molecule has 1 aliphatic heterocycles. The fourth-order valence-electron chi connectivity index (χ4n) is 3.00. The van der Waals surface area contributed by atoms with Gasteiger partial charge in [0.25, 0.3) is 0 Å². The molecule has 28 heavy (non-hydrogen) atoms. The molecule has 2 aromatic carbocycles. The Bertz CT molecular complexity index is 807. The summed E-state index contributed by atoms with van der Waals surface area (Å²) in [5.41, 5.74) is 1.95. The van der Waals surface area contributed by atoms with Crippen LogP contribution < -0.4 is 14.8 Å². The van der Waals surface area contributed by atoms with Crippen molar-refractivity contribution in [3.63, 3.8) is 0 Å². The normalized spacial score (nSPS) is 12.7. The Morgan fingerprint density at radius 1 is 1.04 bits per heavy atom. The van der Waals surface area contributed by atoms with Crippen LogP contribution in [0.1, 0.15) is 24.8 Å². The van der Waals surface area contributed by atoms with E-state index in [4.69, 9.17) is 9.47 Å². The highest BCUT2D eigenvalue weighted by Crippen LogP contribution is 2.26.